The van der Waals surface area contributed by atoms with Gasteiger partial charge < -0.3 is 0 Å². The summed E-state index contributed by atoms with van der Waals surface area (Å²) in [5, 5.41) is 0. The monoisotopic (exact) mass is 208 g/mol. The first-order chi connectivity index (χ1) is 5.97. The van der Waals surface area contributed by atoms with Crippen molar-refractivity contribution in [1.29, 1.82) is 0 Å². The van der Waals surface area contributed by atoms with Crippen LogP contribution in [0.2, 0.25) is 0 Å². The molecule has 2 nitrogen and oxygen atoms in total. The molecule has 0 saturated heterocycles. The molecule has 2 aromatic rings. The Morgan fingerprint density at radius 2 is 1.15 bits per heavy atom. The largest absolute Gasteiger partial charge is 0.255 e. The van der Waals surface area contributed by atoms with E-state index in [1.54, 1.807) is 12.4 Å². The molecule has 0 bridgehead atoms. The van der Waals surface area contributed by atoms with E-state index in [2.05, 4.69) is 9.97 Å². The van der Waals surface area contributed by atoms with Crippen molar-refractivity contribution in [2.75, 3.05) is 0 Å². The summed E-state index contributed by atoms with van der Waals surface area (Å²) in [5.41, 5.74) is 1.83. The van der Waals surface area contributed by atoms with E-state index in [0.29, 0.717) is 0 Å². The second kappa shape index (κ2) is 4.76. The molecule has 0 aromatic carbocycles. The molecular weight excluding hydrogens is 200 g/mol. The summed E-state index contributed by atoms with van der Waals surface area (Å²) >= 11 is 0. The summed E-state index contributed by atoms with van der Waals surface area (Å²) in [6.07, 6.45) is 3.54. The third kappa shape index (κ3) is 2.38. The third-order valence-corrected chi connectivity index (χ3v) is 1.59. The summed E-state index contributed by atoms with van der Waals surface area (Å²) in [6.45, 7) is 0. The van der Waals surface area contributed by atoms with Crippen LogP contribution >= 0.6 is 0 Å². The zero-order valence-corrected chi connectivity index (χ0v) is 8.20. The van der Waals surface area contributed by atoms with Gasteiger partial charge in [-0.3, -0.25) is 9.97 Å². The molecule has 0 atom stereocenters. The van der Waals surface area contributed by atoms with Gasteiger partial charge in [-0.25, -0.2) is 0 Å². The van der Waals surface area contributed by atoms with Crippen LogP contribution in [0.5, 0.6) is 0 Å². The number of hydrogen-bond donors (Lipinski definition) is 0. The molecule has 2 heterocycles. The number of pyridine rings is 2. The van der Waals surface area contributed by atoms with E-state index in [9.17, 15) is 0 Å². The minimum atomic E-state index is 0. The first-order valence-electron chi connectivity index (χ1n) is 3.79. The van der Waals surface area contributed by atoms with Crippen LogP contribution in [0.1, 0.15) is 0 Å². The predicted molar refractivity (Wildman–Crippen MR) is 47.5 cm³/mol. The van der Waals surface area contributed by atoms with Gasteiger partial charge >= 0.3 is 0 Å². The molecule has 64 valence electrons. The Morgan fingerprint density at radius 1 is 0.692 bits per heavy atom. The molecule has 0 aliphatic carbocycles. The molecule has 0 radical (unpaired) electrons. The van der Waals surface area contributed by atoms with Gasteiger partial charge in [0.05, 0.1) is 11.4 Å². The minimum Gasteiger partial charge on any atom is -0.255 e. The molecule has 3 heteroatoms. The van der Waals surface area contributed by atoms with E-state index in [4.69, 9.17) is 0 Å². The maximum atomic E-state index is 4.19. The molecule has 13 heavy (non-hydrogen) atoms. The molecule has 0 fully saturated rings. The Labute approximate surface area is 87.8 Å². The van der Waals surface area contributed by atoms with Gasteiger partial charge in [0.2, 0.25) is 0 Å². The topological polar surface area (TPSA) is 25.8 Å². The second-order valence-corrected chi connectivity index (χ2v) is 2.43. The van der Waals surface area contributed by atoms with Gasteiger partial charge in [0, 0.05) is 29.8 Å². The van der Waals surface area contributed by atoms with Crippen molar-refractivity contribution in [2.24, 2.45) is 0 Å². The van der Waals surface area contributed by atoms with Gasteiger partial charge in [-0.1, -0.05) is 12.1 Å². The van der Waals surface area contributed by atoms with Crippen LogP contribution in [0.3, 0.4) is 0 Å². The SMILES string of the molecule is [Cr].c1ccc(-c2ccccn2)nc1. The summed E-state index contributed by atoms with van der Waals surface area (Å²) in [4.78, 5) is 8.37. The Hall–Kier alpha value is -1.17. The maximum absolute atomic E-state index is 4.19. The Bertz CT molecular complexity index is 310. The van der Waals surface area contributed by atoms with Crippen molar-refractivity contribution in [3.8, 4) is 11.4 Å². The van der Waals surface area contributed by atoms with Gasteiger partial charge in [0.25, 0.3) is 0 Å². The Morgan fingerprint density at radius 3 is 1.46 bits per heavy atom. The van der Waals surface area contributed by atoms with Crippen molar-refractivity contribution in [1.82, 2.24) is 9.97 Å². The Balaban J connectivity index is 0.000000845. The molecule has 0 spiro atoms. The first kappa shape index (κ1) is 9.92. The maximum Gasteiger partial charge on any atom is 0.0886 e. The van der Waals surface area contributed by atoms with Crippen LogP contribution in [0, 0.1) is 0 Å². The average Bonchev–Trinajstić information content (AvgIpc) is 2.21. The second-order valence-electron chi connectivity index (χ2n) is 2.43. The average molecular weight is 208 g/mol. The number of aromatic nitrogens is 2. The van der Waals surface area contributed by atoms with E-state index >= 15 is 0 Å². The molecule has 0 aliphatic rings. The van der Waals surface area contributed by atoms with Crippen molar-refractivity contribution in [3.63, 3.8) is 0 Å². The summed E-state index contributed by atoms with van der Waals surface area (Å²) in [7, 11) is 0. The van der Waals surface area contributed by atoms with Crippen molar-refractivity contribution < 1.29 is 17.4 Å². The fourth-order valence-electron chi connectivity index (χ4n) is 1.03. The predicted octanol–water partition coefficient (Wildman–Crippen LogP) is 2.14. The van der Waals surface area contributed by atoms with E-state index < -0.39 is 0 Å². The molecule has 0 saturated carbocycles. The van der Waals surface area contributed by atoms with Crippen LogP contribution in [-0.2, 0) is 17.4 Å². The molecular formula is C10H8CrN2. The molecule has 0 amide bonds. The van der Waals surface area contributed by atoms with Gasteiger partial charge in [0.1, 0.15) is 0 Å². The molecule has 2 aromatic heterocycles. The van der Waals surface area contributed by atoms with E-state index in [0.717, 1.165) is 11.4 Å². The van der Waals surface area contributed by atoms with Gasteiger partial charge in [-0.2, -0.15) is 0 Å². The first-order valence-corrected chi connectivity index (χ1v) is 3.79. The molecule has 2 rings (SSSR count). The molecule has 0 aliphatic heterocycles. The zero-order chi connectivity index (χ0) is 8.23. The minimum absolute atomic E-state index is 0. The summed E-state index contributed by atoms with van der Waals surface area (Å²) in [6, 6.07) is 11.6. The summed E-state index contributed by atoms with van der Waals surface area (Å²) < 4.78 is 0. The van der Waals surface area contributed by atoms with Crippen LogP contribution in [0.4, 0.5) is 0 Å². The normalized spacial score (nSPS) is 8.92. The standard InChI is InChI=1S/C10H8N2.Cr/c1-3-7-11-9(5-1)10-6-2-4-8-12-10;/h1-8H;. The van der Waals surface area contributed by atoms with Gasteiger partial charge in [-0.15, -0.1) is 0 Å². The van der Waals surface area contributed by atoms with Crippen molar-refractivity contribution >= 4 is 0 Å². The fraction of sp³-hybridized carbons (Fsp3) is 0. The van der Waals surface area contributed by atoms with E-state index in [1.165, 1.54) is 0 Å². The smallest absolute Gasteiger partial charge is 0.0886 e. The quantitative estimate of drug-likeness (QED) is 0.717. The number of hydrogen-bond acceptors (Lipinski definition) is 2. The van der Waals surface area contributed by atoms with Crippen LogP contribution in [-0.4, -0.2) is 9.97 Å². The molecule has 0 unspecified atom stereocenters. The van der Waals surface area contributed by atoms with Crippen molar-refractivity contribution in [2.45, 2.75) is 0 Å². The van der Waals surface area contributed by atoms with Crippen LogP contribution in [0.15, 0.2) is 48.8 Å². The third-order valence-electron chi connectivity index (χ3n) is 1.59. The number of nitrogens with zero attached hydrogens (tertiary/aromatic N) is 2. The fourth-order valence-corrected chi connectivity index (χ4v) is 1.03. The number of rotatable bonds is 1. The van der Waals surface area contributed by atoms with Gasteiger partial charge in [0.15, 0.2) is 0 Å². The molecule has 0 N–H and O–H groups in total. The summed E-state index contributed by atoms with van der Waals surface area (Å²) in [5.74, 6) is 0. The van der Waals surface area contributed by atoms with Crippen LogP contribution < -0.4 is 0 Å². The van der Waals surface area contributed by atoms with Gasteiger partial charge in [-0.05, 0) is 24.3 Å². The van der Waals surface area contributed by atoms with Crippen molar-refractivity contribution in [3.05, 3.63) is 48.8 Å². The zero-order valence-electron chi connectivity index (χ0n) is 6.92. The Kier molecular flexibility index (Phi) is 3.63. The van der Waals surface area contributed by atoms with E-state index in [1.807, 2.05) is 36.4 Å². The van der Waals surface area contributed by atoms with Crippen LogP contribution in [0.25, 0.3) is 11.4 Å². The van der Waals surface area contributed by atoms with E-state index in [-0.39, 0.29) is 17.4 Å².